The van der Waals surface area contributed by atoms with E-state index < -0.39 is 0 Å². The molecule has 0 atom stereocenters. The summed E-state index contributed by atoms with van der Waals surface area (Å²) in [6, 6.07) is 2.36. The molecule has 1 heterocycles. The summed E-state index contributed by atoms with van der Waals surface area (Å²) in [5, 5.41) is 4.37. The van der Waals surface area contributed by atoms with Crippen LogP contribution in [-0.2, 0) is 0 Å². The van der Waals surface area contributed by atoms with Gasteiger partial charge in [0.15, 0.2) is 0 Å². The Morgan fingerprint density at radius 2 is 2.19 bits per heavy atom. The van der Waals surface area contributed by atoms with Gasteiger partial charge < -0.3 is 4.74 Å². The molecule has 0 N–H and O–H groups in total. The Labute approximate surface area is 97.8 Å². The minimum absolute atomic E-state index is 0.409. The number of rotatable bonds is 5. The predicted octanol–water partition coefficient (Wildman–Crippen LogP) is 3.42. The van der Waals surface area contributed by atoms with Crippen molar-refractivity contribution >= 4 is 0 Å². The highest BCUT2D eigenvalue weighted by atomic mass is 16.5. The zero-order valence-corrected chi connectivity index (χ0v) is 10.4. The van der Waals surface area contributed by atoms with Crippen molar-refractivity contribution in [2.24, 2.45) is 5.92 Å². The van der Waals surface area contributed by atoms with Crippen molar-refractivity contribution in [1.82, 2.24) is 9.78 Å². The molecule has 0 bridgehead atoms. The van der Waals surface area contributed by atoms with Gasteiger partial charge in [-0.05, 0) is 26.2 Å². The summed E-state index contributed by atoms with van der Waals surface area (Å²) in [4.78, 5) is 0. The van der Waals surface area contributed by atoms with Gasteiger partial charge in [0.2, 0.25) is 5.88 Å². The SMILES string of the molecule is CC(C)n1ccc(OCCC2CCCC2)n1. The Bertz CT molecular complexity index is 313. The second-order valence-corrected chi connectivity index (χ2v) is 5.02. The Morgan fingerprint density at radius 3 is 2.81 bits per heavy atom. The van der Waals surface area contributed by atoms with Crippen LogP contribution in [-0.4, -0.2) is 16.4 Å². The Balaban J connectivity index is 1.72. The number of aromatic nitrogens is 2. The van der Waals surface area contributed by atoms with Crippen LogP contribution in [0.1, 0.15) is 52.0 Å². The van der Waals surface area contributed by atoms with Crippen molar-refractivity contribution < 1.29 is 4.74 Å². The van der Waals surface area contributed by atoms with E-state index in [-0.39, 0.29) is 0 Å². The fraction of sp³-hybridized carbons (Fsp3) is 0.769. The second-order valence-electron chi connectivity index (χ2n) is 5.02. The minimum atomic E-state index is 0.409. The van der Waals surface area contributed by atoms with Crippen LogP contribution >= 0.6 is 0 Å². The first-order valence-electron chi connectivity index (χ1n) is 6.43. The van der Waals surface area contributed by atoms with E-state index in [1.54, 1.807) is 0 Å². The molecule has 90 valence electrons. The molecule has 0 amide bonds. The van der Waals surface area contributed by atoms with Gasteiger partial charge in [0.1, 0.15) is 0 Å². The number of hydrogen-bond donors (Lipinski definition) is 0. The van der Waals surface area contributed by atoms with Gasteiger partial charge in [-0.25, -0.2) is 0 Å². The molecule has 0 unspecified atom stereocenters. The lowest BCUT2D eigenvalue weighted by molar-refractivity contribution is 0.266. The first-order valence-corrected chi connectivity index (χ1v) is 6.43. The molecule has 3 nitrogen and oxygen atoms in total. The minimum Gasteiger partial charge on any atom is -0.477 e. The Morgan fingerprint density at radius 1 is 1.44 bits per heavy atom. The Kier molecular flexibility index (Phi) is 3.86. The van der Waals surface area contributed by atoms with Gasteiger partial charge >= 0.3 is 0 Å². The van der Waals surface area contributed by atoms with Crippen LogP contribution in [0, 0.1) is 5.92 Å². The maximum absolute atomic E-state index is 5.67. The standard InChI is InChI=1S/C13H22N2O/c1-11(2)15-9-7-13(14-15)16-10-8-12-5-3-4-6-12/h7,9,11-12H,3-6,8,10H2,1-2H3. The molecule has 0 saturated heterocycles. The summed E-state index contributed by atoms with van der Waals surface area (Å²) in [6.07, 6.45) is 8.77. The predicted molar refractivity (Wildman–Crippen MR) is 64.7 cm³/mol. The maximum Gasteiger partial charge on any atom is 0.232 e. The van der Waals surface area contributed by atoms with Crippen LogP contribution in [0.2, 0.25) is 0 Å². The first-order chi connectivity index (χ1) is 7.75. The molecule has 0 spiro atoms. The molecule has 0 radical (unpaired) electrons. The number of ether oxygens (including phenoxy) is 1. The third-order valence-electron chi connectivity index (χ3n) is 3.36. The molecule has 3 heteroatoms. The summed E-state index contributed by atoms with van der Waals surface area (Å²) in [7, 11) is 0. The summed E-state index contributed by atoms with van der Waals surface area (Å²) < 4.78 is 7.60. The van der Waals surface area contributed by atoms with Crippen molar-refractivity contribution in [3.05, 3.63) is 12.3 Å². The molecule has 1 aromatic rings. The van der Waals surface area contributed by atoms with Crippen LogP contribution in [0.4, 0.5) is 0 Å². The van der Waals surface area contributed by atoms with Crippen molar-refractivity contribution in [2.45, 2.75) is 52.0 Å². The normalized spacial score (nSPS) is 17.2. The van der Waals surface area contributed by atoms with Crippen LogP contribution in [0.3, 0.4) is 0 Å². The zero-order valence-electron chi connectivity index (χ0n) is 10.4. The third kappa shape index (κ3) is 3.00. The monoisotopic (exact) mass is 222 g/mol. The summed E-state index contributed by atoms with van der Waals surface area (Å²) in [6.45, 7) is 5.06. The quantitative estimate of drug-likeness (QED) is 0.763. The highest BCUT2D eigenvalue weighted by Gasteiger charge is 2.14. The van der Waals surface area contributed by atoms with Crippen molar-refractivity contribution in [2.75, 3.05) is 6.61 Å². The van der Waals surface area contributed by atoms with Gasteiger partial charge in [-0.15, -0.1) is 5.10 Å². The lowest BCUT2D eigenvalue weighted by Gasteiger charge is -2.08. The Hall–Kier alpha value is -0.990. The highest BCUT2D eigenvalue weighted by Crippen LogP contribution is 2.27. The van der Waals surface area contributed by atoms with Gasteiger partial charge in [0.05, 0.1) is 6.61 Å². The molecule has 0 aliphatic heterocycles. The molecule has 1 aliphatic carbocycles. The van der Waals surface area contributed by atoms with Crippen molar-refractivity contribution in [1.29, 1.82) is 0 Å². The lowest BCUT2D eigenvalue weighted by Crippen LogP contribution is -2.05. The van der Waals surface area contributed by atoms with E-state index in [9.17, 15) is 0 Å². The van der Waals surface area contributed by atoms with E-state index in [0.29, 0.717) is 6.04 Å². The summed E-state index contributed by atoms with van der Waals surface area (Å²) in [5.74, 6) is 1.67. The van der Waals surface area contributed by atoms with Crippen LogP contribution in [0.25, 0.3) is 0 Å². The topological polar surface area (TPSA) is 27.1 Å². The van der Waals surface area contributed by atoms with E-state index in [4.69, 9.17) is 4.74 Å². The molecular weight excluding hydrogens is 200 g/mol. The fourth-order valence-electron chi connectivity index (χ4n) is 2.31. The average molecular weight is 222 g/mol. The first kappa shape index (κ1) is 11.5. The van der Waals surface area contributed by atoms with Gasteiger partial charge in [-0.3, -0.25) is 4.68 Å². The third-order valence-corrected chi connectivity index (χ3v) is 3.36. The second kappa shape index (κ2) is 5.37. The fourth-order valence-corrected chi connectivity index (χ4v) is 2.31. The van der Waals surface area contributed by atoms with Crippen LogP contribution in [0.5, 0.6) is 5.88 Å². The summed E-state index contributed by atoms with van der Waals surface area (Å²) >= 11 is 0. The largest absolute Gasteiger partial charge is 0.477 e. The van der Waals surface area contributed by atoms with Gasteiger partial charge in [-0.1, -0.05) is 25.7 Å². The van der Waals surface area contributed by atoms with E-state index >= 15 is 0 Å². The molecule has 2 rings (SSSR count). The lowest BCUT2D eigenvalue weighted by atomic mass is 10.1. The molecule has 16 heavy (non-hydrogen) atoms. The molecule has 0 aromatic carbocycles. The number of hydrogen-bond acceptors (Lipinski definition) is 2. The highest BCUT2D eigenvalue weighted by molar-refractivity contribution is 5.05. The van der Waals surface area contributed by atoms with Gasteiger partial charge in [-0.2, -0.15) is 0 Å². The van der Waals surface area contributed by atoms with E-state index in [2.05, 4.69) is 18.9 Å². The molecule has 1 aliphatic rings. The van der Waals surface area contributed by atoms with E-state index in [0.717, 1.165) is 18.4 Å². The van der Waals surface area contributed by atoms with Gasteiger partial charge in [0.25, 0.3) is 0 Å². The maximum atomic E-state index is 5.67. The van der Waals surface area contributed by atoms with E-state index in [1.807, 2.05) is 16.9 Å². The van der Waals surface area contributed by atoms with Gasteiger partial charge in [0, 0.05) is 18.3 Å². The average Bonchev–Trinajstić information content (AvgIpc) is 2.87. The smallest absolute Gasteiger partial charge is 0.232 e. The molecular formula is C13H22N2O. The van der Waals surface area contributed by atoms with Crippen LogP contribution in [0.15, 0.2) is 12.3 Å². The van der Waals surface area contributed by atoms with E-state index in [1.165, 1.54) is 32.1 Å². The molecule has 1 saturated carbocycles. The molecule has 1 aromatic heterocycles. The molecule has 1 fully saturated rings. The van der Waals surface area contributed by atoms with Crippen molar-refractivity contribution in [3.63, 3.8) is 0 Å². The number of nitrogens with zero attached hydrogens (tertiary/aromatic N) is 2. The van der Waals surface area contributed by atoms with Crippen LogP contribution < -0.4 is 4.74 Å². The summed E-state index contributed by atoms with van der Waals surface area (Å²) in [5.41, 5.74) is 0. The zero-order chi connectivity index (χ0) is 11.4. The van der Waals surface area contributed by atoms with Crippen molar-refractivity contribution in [3.8, 4) is 5.88 Å².